The van der Waals surface area contributed by atoms with Crippen LogP contribution in [0.4, 0.5) is 4.39 Å². The molecule has 11 heavy (non-hydrogen) atoms. The molecule has 0 spiro atoms. The minimum atomic E-state index is -0.594. The third-order valence-corrected chi connectivity index (χ3v) is 2.48. The molecule has 0 bridgehead atoms. The first-order valence-corrected chi connectivity index (χ1v) is 4.75. The summed E-state index contributed by atoms with van der Waals surface area (Å²) in [6.07, 6.45) is 2.27. The zero-order valence-corrected chi connectivity index (χ0v) is 8.23. The molecular formula is C10H21F. The molecule has 0 aromatic rings. The lowest BCUT2D eigenvalue weighted by molar-refractivity contribution is 0.205. The predicted octanol–water partition coefficient (Wildman–Crippen LogP) is 3.81. The number of alkyl halides is 1. The fourth-order valence-corrected chi connectivity index (χ4v) is 1.35. The Hall–Kier alpha value is -0.0700. The summed E-state index contributed by atoms with van der Waals surface area (Å²) < 4.78 is 13.0. The van der Waals surface area contributed by atoms with Gasteiger partial charge in [-0.1, -0.05) is 34.1 Å². The van der Waals surface area contributed by atoms with Crippen LogP contribution in [0.2, 0.25) is 0 Å². The summed E-state index contributed by atoms with van der Waals surface area (Å²) in [5.74, 6) is 0.921. The normalized spacial score (nSPS) is 19.4. The van der Waals surface area contributed by atoms with Crippen LogP contribution in [0.5, 0.6) is 0 Å². The highest BCUT2D eigenvalue weighted by Crippen LogP contribution is 2.21. The van der Waals surface area contributed by atoms with E-state index in [-0.39, 0.29) is 5.92 Å². The highest BCUT2D eigenvalue weighted by Gasteiger charge is 2.15. The van der Waals surface area contributed by atoms with Crippen LogP contribution in [-0.2, 0) is 0 Å². The van der Waals surface area contributed by atoms with E-state index in [0.29, 0.717) is 12.3 Å². The topological polar surface area (TPSA) is 0 Å². The molecular weight excluding hydrogens is 139 g/mol. The molecule has 0 N–H and O–H groups in total. The van der Waals surface area contributed by atoms with Crippen LogP contribution >= 0.6 is 0 Å². The van der Waals surface area contributed by atoms with Crippen molar-refractivity contribution in [3.8, 4) is 0 Å². The van der Waals surface area contributed by atoms with Crippen molar-refractivity contribution in [2.45, 2.75) is 53.1 Å². The van der Waals surface area contributed by atoms with Gasteiger partial charge in [0.25, 0.3) is 0 Å². The molecule has 0 fully saturated rings. The van der Waals surface area contributed by atoms with E-state index in [1.165, 1.54) is 6.42 Å². The van der Waals surface area contributed by atoms with Crippen molar-refractivity contribution in [2.24, 2.45) is 11.8 Å². The first kappa shape index (κ1) is 10.9. The van der Waals surface area contributed by atoms with Gasteiger partial charge in [-0.25, -0.2) is 4.39 Å². The average molecular weight is 160 g/mol. The fourth-order valence-electron chi connectivity index (χ4n) is 1.35. The van der Waals surface area contributed by atoms with Gasteiger partial charge < -0.3 is 0 Å². The molecule has 68 valence electrons. The van der Waals surface area contributed by atoms with Crippen molar-refractivity contribution in [1.82, 2.24) is 0 Å². The van der Waals surface area contributed by atoms with Crippen LogP contribution in [0, 0.1) is 11.8 Å². The maximum absolute atomic E-state index is 13.0. The van der Waals surface area contributed by atoms with Crippen molar-refractivity contribution in [3.05, 3.63) is 0 Å². The lowest BCUT2D eigenvalue weighted by atomic mass is 9.91. The molecule has 0 aliphatic heterocycles. The summed E-state index contributed by atoms with van der Waals surface area (Å²) in [5, 5.41) is 0. The quantitative estimate of drug-likeness (QED) is 0.573. The summed E-state index contributed by atoms with van der Waals surface area (Å²) >= 11 is 0. The largest absolute Gasteiger partial charge is 0.247 e. The molecule has 0 rings (SSSR count). The summed E-state index contributed by atoms with van der Waals surface area (Å²) in [6, 6.07) is 0. The van der Waals surface area contributed by atoms with E-state index in [9.17, 15) is 4.39 Å². The molecule has 0 radical (unpaired) electrons. The number of halogens is 1. The first-order valence-electron chi connectivity index (χ1n) is 4.75. The Bertz CT molecular complexity index is 90.9. The first-order chi connectivity index (χ1) is 5.11. The van der Waals surface area contributed by atoms with Gasteiger partial charge in [0.15, 0.2) is 0 Å². The molecule has 0 aliphatic carbocycles. The number of rotatable bonds is 5. The van der Waals surface area contributed by atoms with E-state index < -0.39 is 6.17 Å². The Morgan fingerprint density at radius 1 is 1.09 bits per heavy atom. The van der Waals surface area contributed by atoms with Crippen LogP contribution < -0.4 is 0 Å². The van der Waals surface area contributed by atoms with Gasteiger partial charge in [0, 0.05) is 0 Å². The molecule has 0 nitrogen and oxygen atoms in total. The number of hydrogen-bond donors (Lipinski definition) is 0. The molecule has 0 heterocycles. The minimum Gasteiger partial charge on any atom is -0.247 e. The molecule has 0 aliphatic rings. The van der Waals surface area contributed by atoms with E-state index in [4.69, 9.17) is 0 Å². The van der Waals surface area contributed by atoms with Crippen molar-refractivity contribution in [3.63, 3.8) is 0 Å². The monoisotopic (exact) mass is 160 g/mol. The van der Waals surface area contributed by atoms with Gasteiger partial charge in [-0.05, 0) is 24.7 Å². The summed E-state index contributed by atoms with van der Waals surface area (Å²) in [7, 11) is 0. The van der Waals surface area contributed by atoms with Crippen LogP contribution in [0.15, 0.2) is 0 Å². The van der Waals surface area contributed by atoms with E-state index >= 15 is 0 Å². The summed E-state index contributed by atoms with van der Waals surface area (Å²) in [5.41, 5.74) is 0. The van der Waals surface area contributed by atoms with Crippen molar-refractivity contribution in [1.29, 1.82) is 0 Å². The van der Waals surface area contributed by atoms with Gasteiger partial charge in [-0.3, -0.25) is 0 Å². The fraction of sp³-hybridized carbons (Fsp3) is 1.00. The summed E-state index contributed by atoms with van der Waals surface area (Å²) in [6.45, 7) is 8.29. The van der Waals surface area contributed by atoms with Crippen LogP contribution in [0.3, 0.4) is 0 Å². The lowest BCUT2D eigenvalue weighted by Crippen LogP contribution is -2.14. The second kappa shape index (κ2) is 5.56. The Morgan fingerprint density at radius 3 is 2.00 bits per heavy atom. The van der Waals surface area contributed by atoms with Gasteiger partial charge in [-0.15, -0.1) is 0 Å². The van der Waals surface area contributed by atoms with Gasteiger partial charge in [-0.2, -0.15) is 0 Å². The standard InChI is InChI=1S/C10H21F/c1-5-8(3)7-9(4)10(11)6-2/h8-10H,5-7H2,1-4H3/t8-,9?,10+/m0/s1. The maximum Gasteiger partial charge on any atom is 0.102 e. The summed E-state index contributed by atoms with van der Waals surface area (Å²) in [4.78, 5) is 0. The lowest BCUT2D eigenvalue weighted by Gasteiger charge is -2.18. The van der Waals surface area contributed by atoms with Crippen molar-refractivity contribution >= 4 is 0 Å². The third-order valence-electron chi connectivity index (χ3n) is 2.48. The van der Waals surface area contributed by atoms with Crippen LogP contribution in [0.25, 0.3) is 0 Å². The van der Waals surface area contributed by atoms with Gasteiger partial charge in [0.05, 0.1) is 0 Å². The zero-order chi connectivity index (χ0) is 8.85. The highest BCUT2D eigenvalue weighted by atomic mass is 19.1. The predicted molar refractivity (Wildman–Crippen MR) is 48.4 cm³/mol. The zero-order valence-electron chi connectivity index (χ0n) is 8.23. The Labute approximate surface area is 70.2 Å². The van der Waals surface area contributed by atoms with Gasteiger partial charge in [0.2, 0.25) is 0 Å². The Morgan fingerprint density at radius 2 is 1.64 bits per heavy atom. The van der Waals surface area contributed by atoms with E-state index in [1.54, 1.807) is 0 Å². The highest BCUT2D eigenvalue weighted by molar-refractivity contribution is 4.65. The average Bonchev–Trinajstić information content (AvgIpc) is 2.02. The SMILES string of the molecule is CC[C@H](C)CC(C)[C@H](F)CC. The van der Waals surface area contributed by atoms with Crippen molar-refractivity contribution in [2.75, 3.05) is 0 Å². The second-order valence-electron chi connectivity index (χ2n) is 3.65. The smallest absolute Gasteiger partial charge is 0.102 e. The van der Waals surface area contributed by atoms with Gasteiger partial charge >= 0.3 is 0 Å². The third kappa shape index (κ3) is 4.39. The van der Waals surface area contributed by atoms with Gasteiger partial charge in [0.1, 0.15) is 6.17 Å². The maximum atomic E-state index is 13.0. The molecule has 0 saturated carbocycles. The molecule has 0 aromatic carbocycles. The van der Waals surface area contributed by atoms with E-state index in [1.807, 2.05) is 13.8 Å². The molecule has 1 heteroatoms. The second-order valence-corrected chi connectivity index (χ2v) is 3.65. The Kier molecular flexibility index (Phi) is 5.53. The molecule has 0 saturated heterocycles. The van der Waals surface area contributed by atoms with E-state index in [0.717, 1.165) is 6.42 Å². The van der Waals surface area contributed by atoms with E-state index in [2.05, 4.69) is 13.8 Å². The van der Waals surface area contributed by atoms with Crippen molar-refractivity contribution < 1.29 is 4.39 Å². The molecule has 1 unspecified atom stereocenters. The van der Waals surface area contributed by atoms with Crippen LogP contribution in [0.1, 0.15) is 47.0 Å². The molecule has 0 aromatic heterocycles. The van der Waals surface area contributed by atoms with Crippen LogP contribution in [-0.4, -0.2) is 6.17 Å². The molecule has 0 amide bonds. The number of hydrogen-bond acceptors (Lipinski definition) is 0. The molecule has 3 atom stereocenters. The minimum absolute atomic E-state index is 0.245. The Balaban J connectivity index is 3.58.